The number of hydrogen-bond donors (Lipinski definition) is 4. The van der Waals surface area contributed by atoms with Crippen LogP contribution in [-0.4, -0.2) is 61.0 Å². The van der Waals surface area contributed by atoms with Gasteiger partial charge in [-0.3, -0.25) is 9.59 Å². The van der Waals surface area contributed by atoms with Gasteiger partial charge in [0.05, 0.1) is 29.5 Å². The molecule has 0 heterocycles. The smallest absolute Gasteiger partial charge is 0.480 e. The number of fused-ring (bicyclic) bond motifs is 2. The molecule has 12 nitrogen and oxygen atoms in total. The molecule has 0 aliphatic rings. The lowest BCUT2D eigenvalue weighted by Gasteiger charge is -2.24. The molecule has 0 saturated carbocycles. The maximum absolute atomic E-state index is 13.0. The number of anilines is 1. The van der Waals surface area contributed by atoms with Crippen LogP contribution in [0.1, 0.15) is 59.5 Å². The summed E-state index contributed by atoms with van der Waals surface area (Å²) in [6.07, 6.45) is -4.40. The number of halogens is 6. The van der Waals surface area contributed by atoms with Crippen LogP contribution in [0.15, 0.2) is 97.1 Å². The van der Waals surface area contributed by atoms with Crippen molar-refractivity contribution in [3.05, 3.63) is 119 Å². The Labute approximate surface area is 333 Å². The minimum absolute atomic E-state index is 0.0638. The average molecular weight is 850 g/mol. The van der Waals surface area contributed by atoms with Crippen LogP contribution in [0, 0.1) is 0 Å². The lowest BCUT2D eigenvalue weighted by atomic mass is 10.0. The van der Waals surface area contributed by atoms with Gasteiger partial charge < -0.3 is 30.0 Å². The second-order valence-electron chi connectivity index (χ2n) is 13.9. The lowest BCUT2D eigenvalue weighted by molar-refractivity contribution is -0.146. The first-order valence-corrected chi connectivity index (χ1v) is 18.6. The minimum atomic E-state index is -6.05. The molecule has 4 N–H and O–H groups in total. The number of aliphatic carboxylic acids is 1. The number of alkyl halides is 6. The van der Waals surface area contributed by atoms with Crippen molar-refractivity contribution in [2.75, 3.05) is 12.4 Å². The highest BCUT2D eigenvalue weighted by Gasteiger charge is 2.49. The summed E-state index contributed by atoms with van der Waals surface area (Å²) >= 11 is 0. The Balaban J connectivity index is 0.000000265. The summed E-state index contributed by atoms with van der Waals surface area (Å²) in [7, 11) is -4.82. The van der Waals surface area contributed by atoms with Crippen LogP contribution < -0.4 is 20.1 Å². The Kier molecular flexibility index (Phi) is 13.2. The van der Waals surface area contributed by atoms with Gasteiger partial charge in [-0.1, -0.05) is 72.8 Å². The molecule has 5 aromatic rings. The van der Waals surface area contributed by atoms with Gasteiger partial charge in [-0.25, -0.2) is 9.59 Å². The SMILES string of the molecule is CC(C)(NC(=O)c1ccc2ccccc2c1OS(=O)(=O)C(F)(F)F)C(=O)O.COC(=O)C(C)(C)NC(=O)c1ccc2ccccc2c1NCc1ccc(C(F)(F)F)cc1. The summed E-state index contributed by atoms with van der Waals surface area (Å²) in [6.45, 7) is 5.58. The van der Waals surface area contributed by atoms with Crippen LogP contribution in [0.2, 0.25) is 0 Å². The number of hydrogen-bond acceptors (Lipinski definition) is 9. The summed E-state index contributed by atoms with van der Waals surface area (Å²) in [5, 5.41) is 18.9. The number of amides is 2. The van der Waals surface area contributed by atoms with E-state index in [-0.39, 0.29) is 11.9 Å². The lowest BCUT2D eigenvalue weighted by Crippen LogP contribution is -2.50. The van der Waals surface area contributed by atoms with Gasteiger partial charge >= 0.3 is 33.7 Å². The van der Waals surface area contributed by atoms with E-state index in [0.29, 0.717) is 22.2 Å². The topological polar surface area (TPSA) is 177 Å². The monoisotopic (exact) mass is 849 g/mol. The van der Waals surface area contributed by atoms with Gasteiger partial charge in [-0.05, 0) is 68.3 Å². The fraction of sp³-hybridized carbons (Fsp3) is 0.250. The van der Waals surface area contributed by atoms with E-state index < -0.39 is 73.5 Å². The molecular formula is C40H37F6N3O9S. The highest BCUT2D eigenvalue weighted by Crippen LogP contribution is 2.35. The van der Waals surface area contributed by atoms with Crippen molar-refractivity contribution >= 4 is 61.1 Å². The standard InChI is InChI=1S/C24H23F3N2O3.C16H14F3NO6S/c1-23(2,22(31)32-3)29-21(30)19-13-10-16-6-4-5-7-18(16)20(19)28-14-15-8-11-17(12-9-15)24(25,26)27;1-15(2,14(22)23)20-13(21)11-8-7-9-5-3-4-6-10(9)12(11)26-27(24,25)16(17,18)19/h4-13,28H,14H2,1-3H3,(H,29,30);3-8H,1-2H3,(H,20,21)(H,22,23). The Bertz CT molecular complexity index is 2500. The molecule has 0 aliphatic carbocycles. The highest BCUT2D eigenvalue weighted by molar-refractivity contribution is 7.88. The zero-order chi connectivity index (χ0) is 44.1. The molecule has 0 bridgehead atoms. The van der Waals surface area contributed by atoms with Crippen LogP contribution in [-0.2, 0) is 37.2 Å². The van der Waals surface area contributed by atoms with E-state index in [1.807, 2.05) is 24.3 Å². The molecule has 0 spiro atoms. The molecule has 0 aromatic heterocycles. The van der Waals surface area contributed by atoms with Crippen LogP contribution in [0.4, 0.5) is 32.0 Å². The van der Waals surface area contributed by atoms with E-state index in [0.717, 1.165) is 42.8 Å². The third-order valence-electron chi connectivity index (χ3n) is 8.61. The molecule has 0 saturated heterocycles. The Morgan fingerprint density at radius 1 is 0.661 bits per heavy atom. The fourth-order valence-corrected chi connectivity index (χ4v) is 5.88. The van der Waals surface area contributed by atoms with Crippen LogP contribution in [0.5, 0.6) is 5.75 Å². The highest BCUT2D eigenvalue weighted by atomic mass is 32.2. The zero-order valence-electron chi connectivity index (χ0n) is 31.8. The van der Waals surface area contributed by atoms with E-state index >= 15 is 0 Å². The normalized spacial score (nSPS) is 12.2. The first kappa shape index (κ1) is 45.3. The van der Waals surface area contributed by atoms with E-state index in [1.165, 1.54) is 57.4 Å². The number of carbonyl (C=O) groups excluding carboxylic acids is 3. The fourth-order valence-electron chi connectivity index (χ4n) is 5.38. The third kappa shape index (κ3) is 10.8. The molecule has 19 heteroatoms. The van der Waals surface area contributed by atoms with Gasteiger partial charge in [0.2, 0.25) is 0 Å². The quantitative estimate of drug-likeness (QED) is 0.0444. The van der Waals surface area contributed by atoms with Gasteiger partial charge in [0.15, 0.2) is 5.75 Å². The molecule has 2 amide bonds. The Hall–Kier alpha value is -6.37. The van der Waals surface area contributed by atoms with Crippen molar-refractivity contribution in [1.82, 2.24) is 10.6 Å². The van der Waals surface area contributed by atoms with Gasteiger partial charge in [0, 0.05) is 17.3 Å². The van der Waals surface area contributed by atoms with Gasteiger partial charge in [0.25, 0.3) is 11.8 Å². The maximum Gasteiger partial charge on any atom is 0.534 e. The number of nitrogens with one attached hydrogen (secondary N) is 3. The Morgan fingerprint density at radius 2 is 1.15 bits per heavy atom. The van der Waals surface area contributed by atoms with Crippen LogP contribution in [0.25, 0.3) is 21.5 Å². The summed E-state index contributed by atoms with van der Waals surface area (Å²) in [5.41, 5.74) is -8.57. The number of carbonyl (C=O) groups is 4. The summed E-state index contributed by atoms with van der Waals surface area (Å²) in [5.74, 6) is -4.43. The van der Waals surface area contributed by atoms with Crippen LogP contribution in [0.3, 0.4) is 0 Å². The number of benzene rings is 5. The molecule has 5 aromatic carbocycles. The molecule has 0 radical (unpaired) electrons. The van der Waals surface area contributed by atoms with E-state index in [4.69, 9.17) is 9.84 Å². The molecule has 59 heavy (non-hydrogen) atoms. The third-order valence-corrected chi connectivity index (χ3v) is 9.56. The second-order valence-corrected chi connectivity index (χ2v) is 15.4. The predicted molar refractivity (Wildman–Crippen MR) is 205 cm³/mol. The summed E-state index contributed by atoms with van der Waals surface area (Å²) in [6, 6.07) is 23.8. The average Bonchev–Trinajstić information content (AvgIpc) is 3.15. The number of rotatable bonds is 11. The molecule has 0 aliphatic heterocycles. The van der Waals surface area contributed by atoms with E-state index in [2.05, 4.69) is 20.1 Å². The van der Waals surface area contributed by atoms with Crippen molar-refractivity contribution in [3.8, 4) is 5.75 Å². The van der Waals surface area contributed by atoms with Crippen molar-refractivity contribution in [1.29, 1.82) is 0 Å². The number of ether oxygens (including phenoxy) is 1. The summed E-state index contributed by atoms with van der Waals surface area (Å²) < 4.78 is 109. The van der Waals surface area contributed by atoms with Gasteiger partial charge in [-0.15, -0.1) is 0 Å². The van der Waals surface area contributed by atoms with Crippen LogP contribution >= 0.6 is 0 Å². The number of carboxylic acid groups (broad SMARTS) is 1. The predicted octanol–water partition coefficient (Wildman–Crippen LogP) is 7.81. The first-order chi connectivity index (χ1) is 27.3. The van der Waals surface area contributed by atoms with Crippen molar-refractivity contribution < 1.29 is 68.0 Å². The maximum atomic E-state index is 13.0. The molecule has 0 atom stereocenters. The second kappa shape index (κ2) is 17.2. The molecule has 314 valence electrons. The molecule has 0 fully saturated rings. The zero-order valence-corrected chi connectivity index (χ0v) is 32.7. The molecule has 0 unspecified atom stereocenters. The molecule has 5 rings (SSSR count). The van der Waals surface area contributed by atoms with E-state index in [9.17, 15) is 53.9 Å². The summed E-state index contributed by atoms with van der Waals surface area (Å²) in [4.78, 5) is 48.6. The number of carboxylic acids is 1. The number of esters is 1. The van der Waals surface area contributed by atoms with Crippen molar-refractivity contribution in [2.24, 2.45) is 0 Å². The van der Waals surface area contributed by atoms with Crippen molar-refractivity contribution in [3.63, 3.8) is 0 Å². The largest absolute Gasteiger partial charge is 0.534 e. The minimum Gasteiger partial charge on any atom is -0.480 e. The van der Waals surface area contributed by atoms with Gasteiger partial charge in [0.1, 0.15) is 11.1 Å². The Morgan fingerprint density at radius 3 is 1.68 bits per heavy atom. The molecular weight excluding hydrogens is 813 g/mol. The number of methoxy groups -OCH3 is 1. The van der Waals surface area contributed by atoms with E-state index in [1.54, 1.807) is 18.2 Å². The van der Waals surface area contributed by atoms with Crippen molar-refractivity contribution in [2.45, 2.75) is 57.0 Å². The van der Waals surface area contributed by atoms with Gasteiger partial charge in [-0.2, -0.15) is 34.8 Å². The first-order valence-electron chi connectivity index (χ1n) is 17.2.